The van der Waals surface area contributed by atoms with Gasteiger partial charge in [-0.15, -0.1) is 0 Å². The Kier molecular flexibility index (Phi) is 4.73. The van der Waals surface area contributed by atoms with Crippen molar-refractivity contribution in [1.29, 1.82) is 5.26 Å². The van der Waals surface area contributed by atoms with Crippen molar-refractivity contribution in [3.05, 3.63) is 23.8 Å². The molecule has 0 heterocycles. The highest BCUT2D eigenvalue weighted by Gasteiger charge is 2.15. The molecule has 0 aliphatic carbocycles. The summed E-state index contributed by atoms with van der Waals surface area (Å²) in [6, 6.07) is 7.60. The van der Waals surface area contributed by atoms with Gasteiger partial charge in [-0.1, -0.05) is 19.9 Å². The predicted molar refractivity (Wildman–Crippen MR) is 70.7 cm³/mol. The molecule has 0 bridgehead atoms. The Morgan fingerprint density at radius 1 is 1.50 bits per heavy atom. The summed E-state index contributed by atoms with van der Waals surface area (Å²) in [7, 11) is 3.22. The number of rotatable bonds is 4. The lowest BCUT2D eigenvalue weighted by Gasteiger charge is -2.20. The van der Waals surface area contributed by atoms with Crippen molar-refractivity contribution in [2.24, 2.45) is 0 Å². The van der Waals surface area contributed by atoms with Gasteiger partial charge in [-0.3, -0.25) is 4.79 Å². The van der Waals surface area contributed by atoms with Crippen LogP contribution in [0.4, 0.5) is 5.69 Å². The standard InChI is InChI=1S/C14H18N2O2/c1-10(2)11-5-6-12(13(9-11)18-4)16(3)14(17)7-8-15/h5-6,9-10H,7H2,1-4H3. The molecule has 0 saturated heterocycles. The normalized spacial score (nSPS) is 10.0. The van der Waals surface area contributed by atoms with Gasteiger partial charge in [0, 0.05) is 7.05 Å². The molecule has 96 valence electrons. The van der Waals surface area contributed by atoms with Crippen LogP contribution in [0.25, 0.3) is 0 Å². The molecule has 0 N–H and O–H groups in total. The van der Waals surface area contributed by atoms with Gasteiger partial charge in [0.25, 0.3) is 0 Å². The van der Waals surface area contributed by atoms with E-state index in [2.05, 4.69) is 13.8 Å². The Bertz CT molecular complexity index is 475. The Morgan fingerprint density at radius 2 is 2.17 bits per heavy atom. The average Bonchev–Trinajstić information content (AvgIpc) is 2.37. The third-order valence-electron chi connectivity index (χ3n) is 2.84. The first-order valence-electron chi connectivity index (χ1n) is 5.82. The maximum absolute atomic E-state index is 11.7. The van der Waals surface area contributed by atoms with Crippen LogP contribution in [0, 0.1) is 11.3 Å². The molecule has 0 aliphatic heterocycles. The van der Waals surface area contributed by atoms with Crippen LogP contribution in [0.2, 0.25) is 0 Å². The highest BCUT2D eigenvalue weighted by Crippen LogP contribution is 2.31. The highest BCUT2D eigenvalue weighted by atomic mass is 16.5. The molecule has 1 aromatic rings. The second-order valence-electron chi connectivity index (χ2n) is 4.37. The Morgan fingerprint density at radius 3 is 2.67 bits per heavy atom. The Hall–Kier alpha value is -2.02. The van der Waals surface area contributed by atoms with Crippen LogP contribution in [0.1, 0.15) is 31.7 Å². The van der Waals surface area contributed by atoms with Gasteiger partial charge in [0.2, 0.25) is 5.91 Å². The molecular formula is C14H18N2O2. The second-order valence-corrected chi connectivity index (χ2v) is 4.37. The van der Waals surface area contributed by atoms with E-state index >= 15 is 0 Å². The van der Waals surface area contributed by atoms with E-state index in [0.717, 1.165) is 5.56 Å². The van der Waals surface area contributed by atoms with Gasteiger partial charge in [-0.05, 0) is 23.6 Å². The topological polar surface area (TPSA) is 53.3 Å². The van der Waals surface area contributed by atoms with Gasteiger partial charge in [0.15, 0.2) is 0 Å². The lowest BCUT2D eigenvalue weighted by atomic mass is 10.0. The zero-order valence-corrected chi connectivity index (χ0v) is 11.2. The molecule has 0 fully saturated rings. The van der Waals surface area contributed by atoms with Crippen LogP contribution in [0.15, 0.2) is 18.2 Å². The molecule has 4 heteroatoms. The van der Waals surface area contributed by atoms with Crippen molar-refractivity contribution in [2.45, 2.75) is 26.2 Å². The largest absolute Gasteiger partial charge is 0.495 e. The summed E-state index contributed by atoms with van der Waals surface area (Å²) in [6.45, 7) is 4.19. The fraction of sp³-hybridized carbons (Fsp3) is 0.429. The molecule has 0 spiro atoms. The van der Waals surface area contributed by atoms with Crippen molar-refractivity contribution >= 4 is 11.6 Å². The summed E-state index contributed by atoms with van der Waals surface area (Å²) in [5.41, 5.74) is 1.83. The number of carbonyl (C=O) groups is 1. The van der Waals surface area contributed by atoms with E-state index in [-0.39, 0.29) is 12.3 Å². The second kappa shape index (κ2) is 6.06. The third kappa shape index (κ3) is 3.01. The molecule has 18 heavy (non-hydrogen) atoms. The lowest BCUT2D eigenvalue weighted by molar-refractivity contribution is -0.117. The molecule has 0 atom stereocenters. The number of anilines is 1. The number of methoxy groups -OCH3 is 1. The number of benzene rings is 1. The van der Waals surface area contributed by atoms with Gasteiger partial charge in [0.05, 0.1) is 18.9 Å². The van der Waals surface area contributed by atoms with E-state index in [1.54, 1.807) is 14.2 Å². The predicted octanol–water partition coefficient (Wildman–Crippen LogP) is 2.70. The van der Waals surface area contributed by atoms with E-state index in [1.807, 2.05) is 24.3 Å². The molecular weight excluding hydrogens is 228 g/mol. The molecule has 0 radical (unpaired) electrons. The average molecular weight is 246 g/mol. The van der Waals surface area contributed by atoms with E-state index < -0.39 is 0 Å². The van der Waals surface area contributed by atoms with Gasteiger partial charge < -0.3 is 9.64 Å². The van der Waals surface area contributed by atoms with E-state index in [1.165, 1.54) is 4.90 Å². The van der Waals surface area contributed by atoms with Crippen LogP contribution in [0.5, 0.6) is 5.75 Å². The van der Waals surface area contributed by atoms with Crippen molar-refractivity contribution < 1.29 is 9.53 Å². The quantitative estimate of drug-likeness (QED) is 0.820. The molecule has 4 nitrogen and oxygen atoms in total. The number of amides is 1. The van der Waals surface area contributed by atoms with Crippen LogP contribution >= 0.6 is 0 Å². The van der Waals surface area contributed by atoms with Crippen molar-refractivity contribution in [1.82, 2.24) is 0 Å². The minimum absolute atomic E-state index is 0.133. The van der Waals surface area contributed by atoms with Crippen LogP contribution in [0.3, 0.4) is 0 Å². The lowest BCUT2D eigenvalue weighted by Crippen LogP contribution is -2.25. The molecule has 0 unspecified atom stereocenters. The molecule has 0 saturated carbocycles. The Balaban J connectivity index is 3.10. The summed E-state index contributed by atoms with van der Waals surface area (Å²) < 4.78 is 5.31. The van der Waals surface area contributed by atoms with Crippen LogP contribution in [-0.4, -0.2) is 20.1 Å². The van der Waals surface area contributed by atoms with Gasteiger partial charge in [-0.25, -0.2) is 0 Å². The summed E-state index contributed by atoms with van der Waals surface area (Å²) >= 11 is 0. The summed E-state index contributed by atoms with van der Waals surface area (Å²) in [5, 5.41) is 8.55. The first kappa shape index (κ1) is 14.0. The number of nitrogens with zero attached hydrogens (tertiary/aromatic N) is 2. The number of ether oxygens (including phenoxy) is 1. The number of carbonyl (C=O) groups excluding carboxylic acids is 1. The maximum Gasteiger partial charge on any atom is 0.241 e. The summed E-state index contributed by atoms with van der Waals surface area (Å²) in [6.07, 6.45) is -0.133. The van der Waals surface area contributed by atoms with E-state index in [4.69, 9.17) is 10.00 Å². The van der Waals surface area contributed by atoms with Crippen LogP contribution in [-0.2, 0) is 4.79 Å². The molecule has 1 rings (SSSR count). The Labute approximate surface area is 108 Å². The molecule has 1 aromatic carbocycles. The van der Waals surface area contributed by atoms with E-state index in [0.29, 0.717) is 17.4 Å². The maximum atomic E-state index is 11.7. The monoisotopic (exact) mass is 246 g/mol. The first-order valence-corrected chi connectivity index (χ1v) is 5.82. The van der Waals surface area contributed by atoms with Crippen molar-refractivity contribution in [2.75, 3.05) is 19.1 Å². The highest BCUT2D eigenvalue weighted by molar-refractivity contribution is 5.95. The zero-order valence-electron chi connectivity index (χ0n) is 11.2. The molecule has 0 aliphatic rings. The smallest absolute Gasteiger partial charge is 0.241 e. The fourth-order valence-electron chi connectivity index (χ4n) is 1.65. The summed E-state index contributed by atoms with van der Waals surface area (Å²) in [4.78, 5) is 13.1. The van der Waals surface area contributed by atoms with Crippen LogP contribution < -0.4 is 9.64 Å². The van der Waals surface area contributed by atoms with Crippen molar-refractivity contribution in [3.8, 4) is 11.8 Å². The molecule has 0 aromatic heterocycles. The first-order chi connectivity index (χ1) is 8.51. The number of nitriles is 1. The third-order valence-corrected chi connectivity index (χ3v) is 2.84. The minimum Gasteiger partial charge on any atom is -0.495 e. The van der Waals surface area contributed by atoms with Crippen molar-refractivity contribution in [3.63, 3.8) is 0 Å². The van der Waals surface area contributed by atoms with E-state index in [9.17, 15) is 4.79 Å². The summed E-state index contributed by atoms with van der Waals surface area (Å²) in [5.74, 6) is 0.802. The van der Waals surface area contributed by atoms with Gasteiger partial charge in [0.1, 0.15) is 12.2 Å². The SMILES string of the molecule is COc1cc(C(C)C)ccc1N(C)C(=O)CC#N. The fourth-order valence-corrected chi connectivity index (χ4v) is 1.65. The van der Waals surface area contributed by atoms with Gasteiger partial charge >= 0.3 is 0 Å². The van der Waals surface area contributed by atoms with Gasteiger partial charge in [-0.2, -0.15) is 5.26 Å². The number of hydrogen-bond acceptors (Lipinski definition) is 3. The minimum atomic E-state index is -0.243. The molecule has 1 amide bonds. The number of hydrogen-bond donors (Lipinski definition) is 0. The zero-order chi connectivity index (χ0) is 13.7.